The monoisotopic (exact) mass is 369 g/mol. The standard InChI is InChI=1S/C23H31NO3/c1-2-26-22-10-5-11-23(17-22)27-18-20-8-4-3-7-19(20)9-6-14-24-15-12-21(25)13-16-24/h3-5,7-8,10-11,17,21,25H,2,6,9,12-16,18H2,1H3. The number of piperidine rings is 1. The molecule has 1 saturated heterocycles. The van der Waals surface area contributed by atoms with Crippen LogP contribution < -0.4 is 9.47 Å². The van der Waals surface area contributed by atoms with E-state index in [1.165, 1.54) is 11.1 Å². The fourth-order valence-electron chi connectivity index (χ4n) is 3.56. The molecule has 0 radical (unpaired) electrons. The van der Waals surface area contributed by atoms with Crippen LogP contribution in [0.1, 0.15) is 37.3 Å². The van der Waals surface area contributed by atoms with Gasteiger partial charge >= 0.3 is 0 Å². The van der Waals surface area contributed by atoms with Gasteiger partial charge in [0.1, 0.15) is 18.1 Å². The molecule has 4 heteroatoms. The molecule has 4 nitrogen and oxygen atoms in total. The van der Waals surface area contributed by atoms with E-state index in [-0.39, 0.29) is 6.10 Å². The second kappa shape index (κ2) is 10.3. The third-order valence-electron chi connectivity index (χ3n) is 5.11. The fourth-order valence-corrected chi connectivity index (χ4v) is 3.56. The summed E-state index contributed by atoms with van der Waals surface area (Å²) in [6.07, 6.45) is 3.90. The number of hydrogen-bond donors (Lipinski definition) is 1. The predicted octanol–water partition coefficient (Wildman–Crippen LogP) is 4.05. The number of aliphatic hydroxyl groups excluding tert-OH is 1. The third-order valence-corrected chi connectivity index (χ3v) is 5.11. The van der Waals surface area contributed by atoms with Gasteiger partial charge in [-0.15, -0.1) is 0 Å². The highest BCUT2D eigenvalue weighted by Gasteiger charge is 2.16. The van der Waals surface area contributed by atoms with Gasteiger partial charge in [-0.05, 0) is 62.4 Å². The van der Waals surface area contributed by atoms with Crippen LogP contribution in [0.5, 0.6) is 11.5 Å². The van der Waals surface area contributed by atoms with E-state index in [1.54, 1.807) is 0 Å². The summed E-state index contributed by atoms with van der Waals surface area (Å²) >= 11 is 0. The Bertz CT molecular complexity index is 696. The Labute approximate surface area is 162 Å². The Kier molecular flexibility index (Phi) is 7.55. The molecule has 146 valence electrons. The lowest BCUT2D eigenvalue weighted by molar-refractivity contribution is 0.0821. The molecule has 0 bridgehead atoms. The number of benzene rings is 2. The molecule has 2 aromatic carbocycles. The first-order valence-corrected chi connectivity index (χ1v) is 10.1. The van der Waals surface area contributed by atoms with Crippen molar-refractivity contribution in [2.45, 2.75) is 45.3 Å². The van der Waals surface area contributed by atoms with Crippen LogP contribution in [-0.4, -0.2) is 42.4 Å². The van der Waals surface area contributed by atoms with E-state index < -0.39 is 0 Å². The molecule has 1 N–H and O–H groups in total. The highest BCUT2D eigenvalue weighted by atomic mass is 16.5. The molecule has 0 unspecified atom stereocenters. The zero-order valence-corrected chi connectivity index (χ0v) is 16.3. The molecule has 0 atom stereocenters. The average Bonchev–Trinajstić information content (AvgIpc) is 2.69. The van der Waals surface area contributed by atoms with Gasteiger partial charge in [-0.2, -0.15) is 0 Å². The van der Waals surface area contributed by atoms with E-state index >= 15 is 0 Å². The molecule has 0 aromatic heterocycles. The first kappa shape index (κ1) is 19.7. The Morgan fingerprint density at radius 2 is 1.67 bits per heavy atom. The number of aliphatic hydroxyl groups is 1. The van der Waals surface area contributed by atoms with Gasteiger partial charge in [0.15, 0.2) is 0 Å². The molecule has 1 fully saturated rings. The van der Waals surface area contributed by atoms with Crippen molar-refractivity contribution in [1.29, 1.82) is 0 Å². The summed E-state index contributed by atoms with van der Waals surface area (Å²) in [4.78, 5) is 2.46. The lowest BCUT2D eigenvalue weighted by Gasteiger charge is -2.29. The van der Waals surface area contributed by atoms with E-state index in [0.29, 0.717) is 13.2 Å². The van der Waals surface area contributed by atoms with E-state index in [0.717, 1.165) is 56.8 Å². The van der Waals surface area contributed by atoms with Gasteiger partial charge in [0.05, 0.1) is 12.7 Å². The summed E-state index contributed by atoms with van der Waals surface area (Å²) in [5, 5.41) is 9.62. The van der Waals surface area contributed by atoms with Crippen molar-refractivity contribution in [2.24, 2.45) is 0 Å². The Morgan fingerprint density at radius 1 is 0.963 bits per heavy atom. The Balaban J connectivity index is 1.50. The van der Waals surface area contributed by atoms with Crippen LogP contribution >= 0.6 is 0 Å². The van der Waals surface area contributed by atoms with Crippen LogP contribution in [0, 0.1) is 0 Å². The van der Waals surface area contributed by atoms with E-state index in [1.807, 2.05) is 31.2 Å². The maximum absolute atomic E-state index is 9.62. The van der Waals surface area contributed by atoms with Crippen molar-refractivity contribution < 1.29 is 14.6 Å². The van der Waals surface area contributed by atoms with Crippen molar-refractivity contribution >= 4 is 0 Å². The van der Waals surface area contributed by atoms with E-state index in [4.69, 9.17) is 9.47 Å². The molecule has 0 saturated carbocycles. The van der Waals surface area contributed by atoms with Gasteiger partial charge in [-0.1, -0.05) is 30.3 Å². The van der Waals surface area contributed by atoms with Crippen LogP contribution in [0.3, 0.4) is 0 Å². The first-order valence-electron chi connectivity index (χ1n) is 10.1. The van der Waals surface area contributed by atoms with Crippen LogP contribution in [-0.2, 0) is 13.0 Å². The molecule has 1 aliphatic heterocycles. The predicted molar refractivity (Wildman–Crippen MR) is 108 cm³/mol. The van der Waals surface area contributed by atoms with Gasteiger partial charge in [-0.3, -0.25) is 0 Å². The summed E-state index contributed by atoms with van der Waals surface area (Å²) in [5.74, 6) is 1.68. The Morgan fingerprint density at radius 3 is 2.41 bits per heavy atom. The zero-order chi connectivity index (χ0) is 18.9. The van der Waals surface area contributed by atoms with E-state index in [2.05, 4.69) is 29.2 Å². The summed E-state index contributed by atoms with van der Waals surface area (Å²) < 4.78 is 11.5. The van der Waals surface area contributed by atoms with Crippen LogP contribution in [0.25, 0.3) is 0 Å². The summed E-state index contributed by atoms with van der Waals surface area (Å²) in [6, 6.07) is 16.4. The first-order chi connectivity index (χ1) is 13.2. The molecule has 1 aliphatic rings. The molecule has 0 spiro atoms. The topological polar surface area (TPSA) is 41.9 Å². The molecule has 2 aromatic rings. The number of ether oxygens (including phenoxy) is 2. The van der Waals surface area contributed by atoms with Crippen molar-refractivity contribution in [3.63, 3.8) is 0 Å². The van der Waals surface area contributed by atoms with Gasteiger partial charge in [-0.25, -0.2) is 0 Å². The maximum Gasteiger partial charge on any atom is 0.123 e. The smallest absolute Gasteiger partial charge is 0.123 e. The highest BCUT2D eigenvalue weighted by molar-refractivity contribution is 5.34. The van der Waals surface area contributed by atoms with Gasteiger partial charge < -0.3 is 19.5 Å². The summed E-state index contributed by atoms with van der Waals surface area (Å²) in [6.45, 7) is 6.34. The fraction of sp³-hybridized carbons (Fsp3) is 0.478. The minimum Gasteiger partial charge on any atom is -0.494 e. The zero-order valence-electron chi connectivity index (χ0n) is 16.3. The van der Waals surface area contributed by atoms with Crippen molar-refractivity contribution in [3.8, 4) is 11.5 Å². The van der Waals surface area contributed by atoms with Crippen LogP contribution in [0.4, 0.5) is 0 Å². The van der Waals surface area contributed by atoms with Crippen molar-refractivity contribution in [1.82, 2.24) is 4.90 Å². The second-order valence-electron chi connectivity index (χ2n) is 7.14. The van der Waals surface area contributed by atoms with Gasteiger partial charge in [0, 0.05) is 19.2 Å². The third kappa shape index (κ3) is 6.26. The van der Waals surface area contributed by atoms with Crippen LogP contribution in [0.2, 0.25) is 0 Å². The molecule has 0 aliphatic carbocycles. The molecule has 27 heavy (non-hydrogen) atoms. The number of aryl methyl sites for hydroxylation is 1. The number of nitrogens with zero attached hydrogens (tertiary/aromatic N) is 1. The quantitative estimate of drug-likeness (QED) is 0.724. The molecule has 3 rings (SSSR count). The van der Waals surface area contributed by atoms with Crippen molar-refractivity contribution in [3.05, 3.63) is 59.7 Å². The summed E-state index contributed by atoms with van der Waals surface area (Å²) in [7, 11) is 0. The van der Waals surface area contributed by atoms with Crippen molar-refractivity contribution in [2.75, 3.05) is 26.2 Å². The number of rotatable bonds is 9. The minimum absolute atomic E-state index is 0.0969. The molecular weight excluding hydrogens is 338 g/mol. The highest BCUT2D eigenvalue weighted by Crippen LogP contribution is 2.21. The second-order valence-corrected chi connectivity index (χ2v) is 7.14. The van der Waals surface area contributed by atoms with Gasteiger partial charge in [0.25, 0.3) is 0 Å². The molecule has 0 amide bonds. The van der Waals surface area contributed by atoms with Crippen LogP contribution in [0.15, 0.2) is 48.5 Å². The number of hydrogen-bond acceptors (Lipinski definition) is 4. The lowest BCUT2D eigenvalue weighted by atomic mass is 10.0. The Hall–Kier alpha value is -2.04. The summed E-state index contributed by atoms with van der Waals surface area (Å²) in [5.41, 5.74) is 2.60. The average molecular weight is 370 g/mol. The lowest BCUT2D eigenvalue weighted by Crippen LogP contribution is -2.36. The molecular formula is C23H31NO3. The largest absolute Gasteiger partial charge is 0.494 e. The normalized spacial score (nSPS) is 15.6. The SMILES string of the molecule is CCOc1cccc(OCc2ccccc2CCCN2CCC(O)CC2)c1. The maximum atomic E-state index is 9.62. The van der Waals surface area contributed by atoms with Gasteiger partial charge in [0.2, 0.25) is 0 Å². The van der Waals surface area contributed by atoms with E-state index in [9.17, 15) is 5.11 Å². The number of likely N-dealkylation sites (tertiary alicyclic amines) is 1. The minimum atomic E-state index is -0.0969. The molecule has 1 heterocycles.